The van der Waals surface area contributed by atoms with Crippen molar-refractivity contribution >= 4 is 34.0 Å². The molecule has 1 unspecified atom stereocenters. The van der Waals surface area contributed by atoms with Crippen LogP contribution in [0.15, 0.2) is 54.2 Å². The number of fused-ring (bicyclic) bond motifs is 1. The zero-order valence-corrected chi connectivity index (χ0v) is 15.3. The molecule has 0 saturated carbocycles. The third-order valence-corrected chi connectivity index (χ3v) is 4.90. The Labute approximate surface area is 159 Å². The minimum absolute atomic E-state index is 0.142. The molecular formula is C19H16N4O3S. The number of pyridine rings is 1. The number of anilines is 2. The first kappa shape index (κ1) is 17.2. The van der Waals surface area contributed by atoms with Crippen LogP contribution in [-0.4, -0.2) is 34.4 Å². The summed E-state index contributed by atoms with van der Waals surface area (Å²) in [5.41, 5.74) is 2.28. The van der Waals surface area contributed by atoms with E-state index in [4.69, 9.17) is 4.74 Å². The molecule has 3 heterocycles. The second-order valence-corrected chi connectivity index (χ2v) is 6.83. The Balaban J connectivity index is 1.51. The van der Waals surface area contributed by atoms with Gasteiger partial charge in [-0.2, -0.15) is 0 Å². The molecular weight excluding hydrogens is 364 g/mol. The van der Waals surface area contributed by atoms with Crippen molar-refractivity contribution in [1.82, 2.24) is 9.97 Å². The molecule has 1 N–H and O–H groups in total. The van der Waals surface area contributed by atoms with Crippen LogP contribution in [0.4, 0.5) is 10.8 Å². The fourth-order valence-corrected chi connectivity index (χ4v) is 3.56. The maximum atomic E-state index is 12.7. The second kappa shape index (κ2) is 7.16. The van der Waals surface area contributed by atoms with Gasteiger partial charge in [-0.25, -0.2) is 4.98 Å². The predicted octanol–water partition coefficient (Wildman–Crippen LogP) is 2.96. The Bertz CT molecular complexity index is 989. The summed E-state index contributed by atoms with van der Waals surface area (Å²) >= 11 is 1.32. The lowest BCUT2D eigenvalue weighted by Gasteiger charge is -2.33. The summed E-state index contributed by atoms with van der Waals surface area (Å²) in [7, 11) is 0. The lowest BCUT2D eigenvalue weighted by atomic mass is 10.2. The summed E-state index contributed by atoms with van der Waals surface area (Å²) in [6, 6.07) is 10.9. The monoisotopic (exact) mass is 380 g/mol. The van der Waals surface area contributed by atoms with Crippen LogP contribution in [0, 0.1) is 0 Å². The number of nitrogens with one attached hydrogen (secondary N) is 1. The van der Waals surface area contributed by atoms with E-state index in [-0.39, 0.29) is 18.4 Å². The minimum Gasteiger partial charge on any atom is -0.476 e. The van der Waals surface area contributed by atoms with Crippen LogP contribution in [0.1, 0.15) is 6.92 Å². The predicted molar refractivity (Wildman–Crippen MR) is 103 cm³/mol. The smallest absolute Gasteiger partial charge is 0.269 e. The largest absolute Gasteiger partial charge is 0.476 e. The van der Waals surface area contributed by atoms with Gasteiger partial charge in [0.15, 0.2) is 11.2 Å². The number of thiazole rings is 1. The Morgan fingerprint density at radius 3 is 2.89 bits per heavy atom. The second-order valence-electron chi connectivity index (χ2n) is 5.97. The van der Waals surface area contributed by atoms with Crippen LogP contribution in [0.3, 0.4) is 0 Å². The van der Waals surface area contributed by atoms with Gasteiger partial charge < -0.3 is 9.64 Å². The number of carbonyl (C=O) groups is 2. The number of benzene rings is 1. The minimum atomic E-state index is -0.811. The molecule has 3 aromatic rings. The average Bonchev–Trinajstić information content (AvgIpc) is 3.16. The molecule has 27 heavy (non-hydrogen) atoms. The van der Waals surface area contributed by atoms with Crippen molar-refractivity contribution in [2.24, 2.45) is 0 Å². The van der Waals surface area contributed by atoms with Gasteiger partial charge in [0.05, 0.1) is 17.9 Å². The number of aromatic nitrogens is 2. The highest BCUT2D eigenvalue weighted by molar-refractivity contribution is 7.14. The zero-order valence-electron chi connectivity index (χ0n) is 14.5. The van der Waals surface area contributed by atoms with Crippen molar-refractivity contribution in [2.45, 2.75) is 13.0 Å². The van der Waals surface area contributed by atoms with Crippen LogP contribution in [-0.2, 0) is 9.59 Å². The molecule has 4 rings (SSSR count). The quantitative estimate of drug-likeness (QED) is 0.755. The summed E-state index contributed by atoms with van der Waals surface area (Å²) in [6.45, 7) is 1.62. The van der Waals surface area contributed by atoms with Gasteiger partial charge in [-0.3, -0.25) is 19.9 Å². The normalized spacial score (nSPS) is 15.6. The van der Waals surface area contributed by atoms with Gasteiger partial charge in [0.25, 0.3) is 5.91 Å². The van der Waals surface area contributed by atoms with Gasteiger partial charge in [-0.05, 0) is 24.3 Å². The molecule has 1 atom stereocenters. The van der Waals surface area contributed by atoms with E-state index in [1.165, 1.54) is 18.3 Å². The van der Waals surface area contributed by atoms with Crippen LogP contribution >= 0.6 is 11.3 Å². The maximum absolute atomic E-state index is 12.7. The molecule has 0 saturated heterocycles. The Kier molecular flexibility index (Phi) is 4.55. The first-order valence-electron chi connectivity index (χ1n) is 8.32. The Hall–Kier alpha value is -3.26. The molecule has 1 aromatic carbocycles. The molecule has 0 fully saturated rings. The number of carbonyl (C=O) groups excluding carboxylic acids is 2. The van der Waals surface area contributed by atoms with E-state index in [2.05, 4.69) is 15.3 Å². The molecule has 0 aliphatic carbocycles. The van der Waals surface area contributed by atoms with E-state index >= 15 is 0 Å². The summed E-state index contributed by atoms with van der Waals surface area (Å²) in [5, 5.41) is 5.10. The van der Waals surface area contributed by atoms with Gasteiger partial charge in [0, 0.05) is 30.3 Å². The Morgan fingerprint density at radius 2 is 2.11 bits per heavy atom. The first-order chi connectivity index (χ1) is 13.1. The standard InChI is InChI=1S/C19H16N4O3S/c1-12(24)23-10-17(26-16-7-3-2-6-15(16)23)18(25)22-19-21-14(11-27-19)13-5-4-8-20-9-13/h2-9,11,17H,10H2,1H3,(H,21,22,25). The molecule has 136 valence electrons. The third kappa shape index (κ3) is 3.52. The molecule has 1 aliphatic heterocycles. The molecule has 2 amide bonds. The first-order valence-corrected chi connectivity index (χ1v) is 9.20. The summed E-state index contributed by atoms with van der Waals surface area (Å²) < 4.78 is 5.80. The molecule has 0 bridgehead atoms. The SMILES string of the molecule is CC(=O)N1CC(C(=O)Nc2nc(-c3cccnc3)cs2)Oc2ccccc21. The van der Waals surface area contributed by atoms with Crippen LogP contribution in [0.2, 0.25) is 0 Å². The molecule has 7 nitrogen and oxygen atoms in total. The fraction of sp³-hybridized carbons (Fsp3) is 0.158. The average molecular weight is 380 g/mol. The van der Waals surface area contributed by atoms with Crippen LogP contribution in [0.25, 0.3) is 11.3 Å². The maximum Gasteiger partial charge on any atom is 0.269 e. The van der Waals surface area contributed by atoms with Gasteiger partial charge >= 0.3 is 0 Å². The van der Waals surface area contributed by atoms with Crippen molar-refractivity contribution in [3.05, 3.63) is 54.2 Å². The lowest BCUT2D eigenvalue weighted by molar-refractivity contribution is -0.123. The summed E-state index contributed by atoms with van der Waals surface area (Å²) in [4.78, 5) is 34.7. The number of hydrogen-bond donors (Lipinski definition) is 1. The highest BCUT2D eigenvalue weighted by Crippen LogP contribution is 2.33. The number of amides is 2. The van der Waals surface area contributed by atoms with E-state index in [1.807, 2.05) is 23.6 Å². The fourth-order valence-electron chi connectivity index (χ4n) is 2.83. The van der Waals surface area contributed by atoms with Crippen LogP contribution in [0.5, 0.6) is 5.75 Å². The van der Waals surface area contributed by atoms with Crippen molar-refractivity contribution < 1.29 is 14.3 Å². The summed E-state index contributed by atoms with van der Waals surface area (Å²) in [5.74, 6) is 0.0220. The third-order valence-electron chi connectivity index (χ3n) is 4.14. The lowest BCUT2D eigenvalue weighted by Crippen LogP contribution is -2.48. The van der Waals surface area contributed by atoms with E-state index in [0.717, 1.165) is 11.3 Å². The molecule has 0 spiro atoms. The zero-order chi connectivity index (χ0) is 18.8. The van der Waals surface area contributed by atoms with Crippen molar-refractivity contribution in [1.29, 1.82) is 0 Å². The van der Waals surface area contributed by atoms with Gasteiger partial charge in [-0.15, -0.1) is 11.3 Å². The molecule has 2 aromatic heterocycles. The Morgan fingerprint density at radius 1 is 1.26 bits per heavy atom. The summed E-state index contributed by atoms with van der Waals surface area (Å²) in [6.07, 6.45) is 2.60. The number of para-hydroxylation sites is 2. The highest BCUT2D eigenvalue weighted by Gasteiger charge is 2.32. The van der Waals surface area contributed by atoms with Crippen molar-refractivity contribution in [2.75, 3.05) is 16.8 Å². The number of rotatable bonds is 3. The van der Waals surface area contributed by atoms with E-state index in [1.54, 1.807) is 35.5 Å². The number of ether oxygens (including phenoxy) is 1. The van der Waals surface area contributed by atoms with Gasteiger partial charge in [0.2, 0.25) is 5.91 Å². The highest BCUT2D eigenvalue weighted by atomic mass is 32.1. The van der Waals surface area contributed by atoms with Crippen molar-refractivity contribution in [3.8, 4) is 17.0 Å². The van der Waals surface area contributed by atoms with E-state index in [0.29, 0.717) is 16.6 Å². The van der Waals surface area contributed by atoms with E-state index in [9.17, 15) is 9.59 Å². The molecule has 0 radical (unpaired) electrons. The molecule has 1 aliphatic rings. The van der Waals surface area contributed by atoms with Crippen molar-refractivity contribution in [3.63, 3.8) is 0 Å². The number of nitrogens with zero attached hydrogens (tertiary/aromatic N) is 3. The van der Waals surface area contributed by atoms with Crippen LogP contribution < -0.4 is 15.0 Å². The molecule has 8 heteroatoms. The number of hydrogen-bond acceptors (Lipinski definition) is 6. The van der Waals surface area contributed by atoms with Gasteiger partial charge in [0.1, 0.15) is 5.75 Å². The van der Waals surface area contributed by atoms with Gasteiger partial charge in [-0.1, -0.05) is 12.1 Å². The topological polar surface area (TPSA) is 84.4 Å². The van der Waals surface area contributed by atoms with E-state index < -0.39 is 6.10 Å².